The number of halogens is 2. The second kappa shape index (κ2) is 7.30. The Hall–Kier alpha value is -2.18. The summed E-state index contributed by atoms with van der Waals surface area (Å²) in [4.78, 5) is 22.7. The van der Waals surface area contributed by atoms with Crippen molar-refractivity contribution in [1.29, 1.82) is 0 Å². The number of hydrazine groups is 1. The van der Waals surface area contributed by atoms with E-state index in [0.29, 0.717) is 6.54 Å². The van der Waals surface area contributed by atoms with Crippen LogP contribution in [0.5, 0.6) is 0 Å². The number of unbranched alkanes of at least 4 members (excludes halogenated alkanes) is 1. The van der Waals surface area contributed by atoms with E-state index in [1.165, 1.54) is 0 Å². The number of carbonyl (C=O) groups is 2. The van der Waals surface area contributed by atoms with Gasteiger partial charge in [-0.1, -0.05) is 19.4 Å². The highest BCUT2D eigenvalue weighted by Crippen LogP contribution is 2.11. The lowest BCUT2D eigenvalue weighted by atomic mass is 10.2. The molecule has 104 valence electrons. The van der Waals surface area contributed by atoms with Gasteiger partial charge in [0.15, 0.2) is 0 Å². The molecule has 1 rings (SSSR count). The van der Waals surface area contributed by atoms with Crippen LogP contribution in [0, 0.1) is 11.6 Å². The van der Waals surface area contributed by atoms with Gasteiger partial charge >= 0.3 is 6.03 Å². The molecule has 0 aliphatic carbocycles. The van der Waals surface area contributed by atoms with Crippen LogP contribution in [0.2, 0.25) is 0 Å². The highest BCUT2D eigenvalue weighted by Gasteiger charge is 2.17. The number of nitrogens with one attached hydrogen (secondary N) is 3. The second-order valence-electron chi connectivity index (χ2n) is 3.79. The molecular weight excluding hydrogens is 256 g/mol. The second-order valence-corrected chi connectivity index (χ2v) is 3.79. The molecule has 0 aliphatic rings. The van der Waals surface area contributed by atoms with E-state index in [1.54, 1.807) is 0 Å². The zero-order valence-corrected chi connectivity index (χ0v) is 10.4. The van der Waals surface area contributed by atoms with Crippen LogP contribution in [0.15, 0.2) is 18.2 Å². The van der Waals surface area contributed by atoms with Crippen molar-refractivity contribution < 1.29 is 18.4 Å². The van der Waals surface area contributed by atoms with E-state index >= 15 is 0 Å². The molecule has 1 aromatic rings. The Morgan fingerprint density at radius 2 is 1.79 bits per heavy atom. The van der Waals surface area contributed by atoms with Crippen LogP contribution in [0.3, 0.4) is 0 Å². The largest absolute Gasteiger partial charge is 0.337 e. The van der Waals surface area contributed by atoms with Crippen molar-refractivity contribution in [1.82, 2.24) is 16.2 Å². The summed E-state index contributed by atoms with van der Waals surface area (Å²) in [6.07, 6.45) is 1.70. The minimum absolute atomic E-state index is 0.451. The van der Waals surface area contributed by atoms with Gasteiger partial charge < -0.3 is 5.32 Å². The molecule has 0 fully saturated rings. The van der Waals surface area contributed by atoms with Crippen LogP contribution in [0.25, 0.3) is 0 Å². The monoisotopic (exact) mass is 271 g/mol. The summed E-state index contributed by atoms with van der Waals surface area (Å²) < 4.78 is 26.5. The average Bonchev–Trinajstić information content (AvgIpc) is 2.36. The Kier molecular flexibility index (Phi) is 5.72. The fraction of sp³-hybridized carbons (Fsp3) is 0.333. The summed E-state index contributed by atoms with van der Waals surface area (Å²) in [6, 6.07) is 2.42. The van der Waals surface area contributed by atoms with Gasteiger partial charge in [-0.25, -0.2) is 19.0 Å². The first kappa shape index (κ1) is 14.9. The van der Waals surface area contributed by atoms with Crippen molar-refractivity contribution in [2.75, 3.05) is 6.54 Å². The number of benzene rings is 1. The Morgan fingerprint density at radius 1 is 1.16 bits per heavy atom. The molecule has 5 nitrogen and oxygen atoms in total. The SMILES string of the molecule is CCCCNC(=O)NNC(=O)c1c(F)cccc1F. The summed E-state index contributed by atoms with van der Waals surface area (Å²) >= 11 is 0. The predicted octanol–water partition coefficient (Wildman–Crippen LogP) is 1.71. The quantitative estimate of drug-likeness (QED) is 0.576. The number of amides is 3. The Balaban J connectivity index is 2.49. The molecule has 0 spiro atoms. The minimum Gasteiger partial charge on any atom is -0.337 e. The highest BCUT2D eigenvalue weighted by atomic mass is 19.1. The highest BCUT2D eigenvalue weighted by molar-refractivity contribution is 5.95. The zero-order valence-electron chi connectivity index (χ0n) is 10.4. The maximum Gasteiger partial charge on any atom is 0.333 e. The number of hydrogen-bond donors (Lipinski definition) is 3. The number of rotatable bonds is 4. The molecule has 0 aromatic heterocycles. The molecule has 0 bridgehead atoms. The Bertz CT molecular complexity index is 446. The standard InChI is InChI=1S/C12H15F2N3O2/c1-2-3-7-15-12(19)17-16-11(18)10-8(13)5-4-6-9(10)14/h4-6H,2-3,7H2,1H3,(H,16,18)(H2,15,17,19). The lowest BCUT2D eigenvalue weighted by Gasteiger charge is -2.09. The van der Waals surface area contributed by atoms with Crippen LogP contribution in [-0.2, 0) is 0 Å². The van der Waals surface area contributed by atoms with Crippen LogP contribution >= 0.6 is 0 Å². The van der Waals surface area contributed by atoms with Gasteiger partial charge in [-0.2, -0.15) is 0 Å². The van der Waals surface area contributed by atoms with Gasteiger partial charge in [-0.15, -0.1) is 0 Å². The van der Waals surface area contributed by atoms with E-state index in [4.69, 9.17) is 0 Å². The first-order chi connectivity index (χ1) is 9.06. The summed E-state index contributed by atoms with van der Waals surface area (Å²) in [5.74, 6) is -3.04. The fourth-order valence-corrected chi connectivity index (χ4v) is 1.31. The lowest BCUT2D eigenvalue weighted by Crippen LogP contribution is -2.47. The summed E-state index contributed by atoms with van der Waals surface area (Å²) in [6.45, 7) is 2.41. The van der Waals surface area contributed by atoms with Gasteiger partial charge in [0.25, 0.3) is 5.91 Å². The first-order valence-electron chi connectivity index (χ1n) is 5.84. The van der Waals surface area contributed by atoms with Gasteiger partial charge in [0.1, 0.15) is 17.2 Å². The average molecular weight is 271 g/mol. The summed E-state index contributed by atoms with van der Waals surface area (Å²) in [5, 5.41) is 2.47. The third-order valence-corrected chi connectivity index (χ3v) is 2.30. The summed E-state index contributed by atoms with van der Waals surface area (Å²) in [5.41, 5.74) is 3.20. The fourth-order valence-electron chi connectivity index (χ4n) is 1.31. The molecule has 0 heterocycles. The van der Waals surface area contributed by atoms with E-state index in [1.807, 2.05) is 17.8 Å². The van der Waals surface area contributed by atoms with Crippen molar-refractivity contribution in [2.45, 2.75) is 19.8 Å². The van der Waals surface area contributed by atoms with Gasteiger partial charge in [-0.05, 0) is 18.6 Å². The third kappa shape index (κ3) is 4.53. The van der Waals surface area contributed by atoms with E-state index in [0.717, 1.165) is 31.0 Å². The van der Waals surface area contributed by atoms with Crippen LogP contribution < -0.4 is 16.2 Å². The number of hydrogen-bond acceptors (Lipinski definition) is 2. The van der Waals surface area contributed by atoms with Crippen molar-refractivity contribution in [3.8, 4) is 0 Å². The summed E-state index contributed by atoms with van der Waals surface area (Å²) in [7, 11) is 0. The molecule has 0 atom stereocenters. The molecule has 3 amide bonds. The Labute approximate surface area is 109 Å². The zero-order chi connectivity index (χ0) is 14.3. The van der Waals surface area contributed by atoms with Gasteiger partial charge in [0.2, 0.25) is 0 Å². The minimum atomic E-state index is -1.05. The molecule has 7 heteroatoms. The maximum absolute atomic E-state index is 13.2. The molecule has 3 N–H and O–H groups in total. The molecule has 0 radical (unpaired) electrons. The van der Waals surface area contributed by atoms with Crippen molar-refractivity contribution >= 4 is 11.9 Å². The predicted molar refractivity (Wildman–Crippen MR) is 65.3 cm³/mol. The normalized spacial score (nSPS) is 9.84. The molecule has 0 saturated heterocycles. The van der Waals surface area contributed by atoms with E-state index in [-0.39, 0.29) is 0 Å². The smallest absolute Gasteiger partial charge is 0.333 e. The Morgan fingerprint density at radius 3 is 2.37 bits per heavy atom. The lowest BCUT2D eigenvalue weighted by molar-refractivity contribution is 0.0927. The van der Waals surface area contributed by atoms with Crippen molar-refractivity contribution in [2.24, 2.45) is 0 Å². The van der Waals surface area contributed by atoms with E-state index in [9.17, 15) is 18.4 Å². The topological polar surface area (TPSA) is 70.2 Å². The molecule has 0 saturated carbocycles. The molecular formula is C12H15F2N3O2. The van der Waals surface area contributed by atoms with Gasteiger partial charge in [-0.3, -0.25) is 10.2 Å². The molecule has 0 aliphatic heterocycles. The van der Waals surface area contributed by atoms with Gasteiger partial charge in [0, 0.05) is 6.54 Å². The first-order valence-corrected chi connectivity index (χ1v) is 5.84. The molecule has 1 aromatic carbocycles. The van der Waals surface area contributed by atoms with Crippen LogP contribution in [0.1, 0.15) is 30.1 Å². The van der Waals surface area contributed by atoms with E-state index in [2.05, 4.69) is 5.32 Å². The number of carbonyl (C=O) groups excluding carboxylic acids is 2. The van der Waals surface area contributed by atoms with Crippen LogP contribution in [-0.4, -0.2) is 18.5 Å². The maximum atomic E-state index is 13.2. The van der Waals surface area contributed by atoms with Crippen molar-refractivity contribution in [3.63, 3.8) is 0 Å². The van der Waals surface area contributed by atoms with Crippen LogP contribution in [0.4, 0.5) is 13.6 Å². The van der Waals surface area contributed by atoms with Gasteiger partial charge in [0.05, 0.1) is 0 Å². The van der Waals surface area contributed by atoms with E-state index < -0.39 is 29.1 Å². The molecule has 0 unspecified atom stereocenters. The third-order valence-electron chi connectivity index (χ3n) is 2.30. The molecule has 19 heavy (non-hydrogen) atoms. The number of urea groups is 1. The van der Waals surface area contributed by atoms with Crippen molar-refractivity contribution in [3.05, 3.63) is 35.4 Å².